The van der Waals surface area contributed by atoms with Crippen molar-refractivity contribution in [3.63, 3.8) is 0 Å². The average Bonchev–Trinajstić information content (AvgIpc) is 2.11. The predicted molar refractivity (Wildman–Crippen MR) is 66.8 cm³/mol. The van der Waals surface area contributed by atoms with Gasteiger partial charge in [0.25, 0.3) is 0 Å². The van der Waals surface area contributed by atoms with Gasteiger partial charge in [-0.15, -0.1) is 0 Å². The van der Waals surface area contributed by atoms with Crippen molar-refractivity contribution in [3.8, 4) is 0 Å². The normalized spacial score (nSPS) is 14.1. The van der Waals surface area contributed by atoms with Gasteiger partial charge < -0.3 is 0 Å². The molecule has 0 saturated carbocycles. The molecule has 0 aliphatic heterocycles. The highest BCUT2D eigenvalue weighted by molar-refractivity contribution is 4.79. The SMILES string of the molecule is CC[CH]C(C)(OOC(C)(C)C)OOC(C)(C)C. The highest BCUT2D eigenvalue weighted by atomic mass is 17.3. The summed E-state index contributed by atoms with van der Waals surface area (Å²) in [7, 11) is 0. The molecule has 0 fully saturated rings. The Morgan fingerprint density at radius 1 is 0.706 bits per heavy atom. The van der Waals surface area contributed by atoms with Gasteiger partial charge in [0.15, 0.2) is 0 Å². The molecular weight excluding hydrogens is 220 g/mol. The van der Waals surface area contributed by atoms with Crippen molar-refractivity contribution in [2.75, 3.05) is 0 Å². The molecule has 0 atom stereocenters. The lowest BCUT2D eigenvalue weighted by atomic mass is 10.2. The summed E-state index contributed by atoms with van der Waals surface area (Å²) in [5.41, 5.74) is -0.790. The van der Waals surface area contributed by atoms with E-state index in [1.807, 2.05) is 54.9 Å². The van der Waals surface area contributed by atoms with E-state index >= 15 is 0 Å². The van der Waals surface area contributed by atoms with Gasteiger partial charge in [-0.1, -0.05) is 6.92 Å². The fraction of sp³-hybridized carbons (Fsp3) is 0.923. The molecule has 4 heteroatoms. The Balaban J connectivity index is 4.35. The van der Waals surface area contributed by atoms with E-state index in [2.05, 4.69) is 0 Å². The molecule has 0 amide bonds. The molecule has 0 rings (SSSR count). The van der Waals surface area contributed by atoms with E-state index in [-0.39, 0.29) is 0 Å². The maximum absolute atomic E-state index is 5.33. The third-order valence-corrected chi connectivity index (χ3v) is 1.49. The van der Waals surface area contributed by atoms with Crippen LogP contribution in [-0.2, 0) is 19.6 Å². The Hall–Kier alpha value is -0.160. The van der Waals surface area contributed by atoms with Crippen LogP contribution in [0.25, 0.3) is 0 Å². The molecule has 0 aromatic carbocycles. The van der Waals surface area contributed by atoms with Gasteiger partial charge in [0.1, 0.15) is 0 Å². The summed E-state index contributed by atoms with van der Waals surface area (Å²) in [4.78, 5) is 21.2. The smallest absolute Gasteiger partial charge is 0.228 e. The third-order valence-electron chi connectivity index (χ3n) is 1.49. The third kappa shape index (κ3) is 9.53. The van der Waals surface area contributed by atoms with E-state index in [1.54, 1.807) is 6.92 Å². The van der Waals surface area contributed by atoms with Gasteiger partial charge in [-0.25, -0.2) is 9.78 Å². The lowest BCUT2D eigenvalue weighted by Crippen LogP contribution is -2.38. The molecule has 0 saturated heterocycles. The zero-order valence-electron chi connectivity index (χ0n) is 12.4. The van der Waals surface area contributed by atoms with Crippen molar-refractivity contribution < 1.29 is 19.6 Å². The Morgan fingerprint density at radius 3 is 1.29 bits per heavy atom. The maximum atomic E-state index is 5.33. The zero-order valence-corrected chi connectivity index (χ0v) is 12.4. The van der Waals surface area contributed by atoms with Crippen LogP contribution in [0.3, 0.4) is 0 Å². The van der Waals surface area contributed by atoms with E-state index in [9.17, 15) is 0 Å². The molecule has 0 N–H and O–H groups in total. The van der Waals surface area contributed by atoms with Crippen LogP contribution in [0.5, 0.6) is 0 Å². The molecule has 1 radical (unpaired) electrons. The number of hydrogen-bond donors (Lipinski definition) is 0. The monoisotopic (exact) mass is 247 g/mol. The first-order chi connectivity index (χ1) is 7.47. The molecule has 17 heavy (non-hydrogen) atoms. The summed E-state index contributed by atoms with van der Waals surface area (Å²) in [6.45, 7) is 15.2. The minimum atomic E-state index is -1.00. The Morgan fingerprint density at radius 2 is 1.06 bits per heavy atom. The molecule has 4 nitrogen and oxygen atoms in total. The first-order valence-electron chi connectivity index (χ1n) is 6.05. The van der Waals surface area contributed by atoms with Crippen LogP contribution < -0.4 is 0 Å². The van der Waals surface area contributed by atoms with Crippen molar-refractivity contribution in [1.29, 1.82) is 0 Å². The van der Waals surface area contributed by atoms with E-state index in [0.717, 1.165) is 6.42 Å². The van der Waals surface area contributed by atoms with Crippen LogP contribution in [0.2, 0.25) is 0 Å². The fourth-order valence-corrected chi connectivity index (χ4v) is 0.868. The van der Waals surface area contributed by atoms with Gasteiger partial charge >= 0.3 is 0 Å². The summed E-state index contributed by atoms with van der Waals surface area (Å²) >= 11 is 0. The van der Waals surface area contributed by atoms with Crippen molar-refractivity contribution in [2.45, 2.75) is 78.8 Å². The van der Waals surface area contributed by atoms with Crippen molar-refractivity contribution in [3.05, 3.63) is 6.42 Å². The Kier molecular flexibility index (Phi) is 6.08. The molecule has 0 bridgehead atoms. The van der Waals surface area contributed by atoms with E-state index in [1.165, 1.54) is 0 Å². The molecule has 0 aromatic heterocycles. The average molecular weight is 247 g/mol. The van der Waals surface area contributed by atoms with Gasteiger partial charge in [0, 0.05) is 6.42 Å². The highest BCUT2D eigenvalue weighted by Gasteiger charge is 2.32. The second-order valence-electron chi connectivity index (χ2n) is 6.19. The van der Waals surface area contributed by atoms with Crippen LogP contribution >= 0.6 is 0 Å². The molecule has 0 heterocycles. The van der Waals surface area contributed by atoms with E-state index in [4.69, 9.17) is 19.6 Å². The van der Waals surface area contributed by atoms with Gasteiger partial charge in [-0.3, -0.25) is 0 Å². The molecular formula is C13H27O4. The van der Waals surface area contributed by atoms with Gasteiger partial charge in [-0.2, -0.15) is 9.78 Å². The van der Waals surface area contributed by atoms with Crippen molar-refractivity contribution in [1.82, 2.24) is 0 Å². The summed E-state index contributed by atoms with van der Waals surface area (Å²) in [5.74, 6) is -1.00. The quantitative estimate of drug-likeness (QED) is 0.406. The first kappa shape index (κ1) is 16.8. The zero-order chi connectivity index (χ0) is 13.7. The van der Waals surface area contributed by atoms with Crippen LogP contribution in [0.15, 0.2) is 0 Å². The lowest BCUT2D eigenvalue weighted by Gasteiger charge is -2.32. The molecule has 0 aliphatic carbocycles. The molecule has 0 aliphatic rings. The molecule has 103 valence electrons. The molecule has 0 spiro atoms. The minimum Gasteiger partial charge on any atom is -0.228 e. The lowest BCUT2D eigenvalue weighted by molar-refractivity contribution is -0.527. The van der Waals surface area contributed by atoms with Crippen LogP contribution in [-0.4, -0.2) is 17.0 Å². The van der Waals surface area contributed by atoms with E-state index < -0.39 is 17.0 Å². The minimum absolute atomic E-state index is 0.395. The summed E-state index contributed by atoms with van der Waals surface area (Å²) in [6.07, 6.45) is 2.64. The second kappa shape index (κ2) is 6.14. The topological polar surface area (TPSA) is 36.9 Å². The number of hydrogen-bond acceptors (Lipinski definition) is 4. The molecule has 0 aromatic rings. The van der Waals surface area contributed by atoms with Gasteiger partial charge in [0.2, 0.25) is 5.79 Å². The van der Waals surface area contributed by atoms with Gasteiger partial charge in [-0.05, 0) is 54.9 Å². The fourth-order valence-electron chi connectivity index (χ4n) is 0.868. The van der Waals surface area contributed by atoms with Gasteiger partial charge in [0.05, 0.1) is 11.2 Å². The van der Waals surface area contributed by atoms with Crippen molar-refractivity contribution >= 4 is 0 Å². The Labute approximate surface area is 105 Å². The summed E-state index contributed by atoms with van der Waals surface area (Å²) in [6, 6.07) is 0. The maximum Gasteiger partial charge on any atom is 0.234 e. The second-order valence-corrected chi connectivity index (χ2v) is 6.19. The molecule has 0 unspecified atom stereocenters. The Bertz CT molecular complexity index is 194. The van der Waals surface area contributed by atoms with Crippen LogP contribution in [0.1, 0.15) is 61.8 Å². The largest absolute Gasteiger partial charge is 0.234 e. The summed E-state index contributed by atoms with van der Waals surface area (Å²) in [5, 5.41) is 0. The predicted octanol–water partition coefficient (Wildman–Crippen LogP) is 3.81. The standard InChI is InChI=1S/C13H27O4/c1-9-10-13(8,16-14-11(2,3)4)17-15-12(5,6)7/h10H,9H2,1-8H3. The van der Waals surface area contributed by atoms with E-state index in [0.29, 0.717) is 0 Å². The number of rotatable bonds is 6. The van der Waals surface area contributed by atoms with Crippen LogP contribution in [0, 0.1) is 6.42 Å². The van der Waals surface area contributed by atoms with Crippen LogP contribution in [0.4, 0.5) is 0 Å². The highest BCUT2D eigenvalue weighted by Crippen LogP contribution is 2.24. The summed E-state index contributed by atoms with van der Waals surface area (Å²) < 4.78 is 0. The first-order valence-corrected chi connectivity index (χ1v) is 6.05. The van der Waals surface area contributed by atoms with Crippen molar-refractivity contribution in [2.24, 2.45) is 0 Å².